The maximum Gasteiger partial charge on any atom is 0.286 e. The lowest BCUT2D eigenvalue weighted by atomic mass is 10.2. The van der Waals surface area contributed by atoms with Gasteiger partial charge in [-0.05, 0) is 37.1 Å². The molecule has 0 aliphatic heterocycles. The average molecular weight is 319 g/mol. The molecule has 0 saturated carbocycles. The molecule has 0 radical (unpaired) electrons. The molecule has 1 aromatic heterocycles. The molecule has 2 rings (SSSR count). The first kappa shape index (κ1) is 16.5. The monoisotopic (exact) mass is 319 g/mol. The molecule has 0 fully saturated rings. The fourth-order valence-electron chi connectivity index (χ4n) is 2.06. The summed E-state index contributed by atoms with van der Waals surface area (Å²) >= 11 is 0. The lowest BCUT2D eigenvalue weighted by molar-refractivity contribution is 0.0924. The summed E-state index contributed by atoms with van der Waals surface area (Å²) in [5.74, 6) is 0.879. The van der Waals surface area contributed by atoms with Crippen molar-refractivity contribution in [2.24, 2.45) is 0 Å². The third kappa shape index (κ3) is 4.31. The minimum atomic E-state index is -1.18. The Bertz CT molecular complexity index is 663. The highest BCUT2D eigenvalue weighted by Gasteiger charge is 2.14. The minimum Gasteiger partial charge on any atom is -0.455 e. The van der Waals surface area contributed by atoms with E-state index in [0.717, 1.165) is 23.3 Å². The van der Waals surface area contributed by atoms with Gasteiger partial charge in [0.1, 0.15) is 5.76 Å². The molecule has 0 aliphatic rings. The molecule has 0 spiro atoms. The molecule has 1 N–H and O–H groups in total. The normalized spacial score (nSPS) is 12.1. The standard InChI is InChI=1S/C17H21NO3S/c1-3-4-11-18-17(19)15-10-9-14(21-15)12-22(20)16-8-6-5-7-13(16)2/h5-10H,3-4,11-12H2,1-2H3,(H,18,19). The van der Waals surface area contributed by atoms with E-state index in [1.165, 1.54) is 0 Å². The number of amides is 1. The molecule has 1 heterocycles. The molecule has 0 aliphatic carbocycles. The van der Waals surface area contributed by atoms with Gasteiger partial charge in [-0.25, -0.2) is 0 Å². The Hall–Kier alpha value is -1.88. The highest BCUT2D eigenvalue weighted by Crippen LogP contribution is 2.17. The Balaban J connectivity index is 1.99. The van der Waals surface area contributed by atoms with E-state index in [0.29, 0.717) is 12.3 Å². The second-order valence-electron chi connectivity index (χ2n) is 5.13. The molecular formula is C17H21NO3S. The SMILES string of the molecule is CCCCNC(=O)c1ccc(CS(=O)c2ccccc2C)o1. The number of carbonyl (C=O) groups excluding carboxylic acids is 1. The molecule has 118 valence electrons. The Morgan fingerprint density at radius 2 is 2.00 bits per heavy atom. The summed E-state index contributed by atoms with van der Waals surface area (Å²) in [6.45, 7) is 4.64. The Morgan fingerprint density at radius 1 is 1.23 bits per heavy atom. The quantitative estimate of drug-likeness (QED) is 0.795. The fourth-order valence-corrected chi connectivity index (χ4v) is 3.29. The molecule has 0 saturated heterocycles. The van der Waals surface area contributed by atoms with Crippen LogP contribution in [0.15, 0.2) is 45.7 Å². The maximum atomic E-state index is 12.4. The van der Waals surface area contributed by atoms with E-state index in [1.807, 2.05) is 31.2 Å². The van der Waals surface area contributed by atoms with E-state index in [9.17, 15) is 9.00 Å². The van der Waals surface area contributed by atoms with E-state index < -0.39 is 10.8 Å². The topological polar surface area (TPSA) is 59.3 Å². The fraction of sp³-hybridized carbons (Fsp3) is 0.353. The summed E-state index contributed by atoms with van der Waals surface area (Å²) in [5.41, 5.74) is 0.991. The van der Waals surface area contributed by atoms with Crippen LogP contribution in [0.1, 0.15) is 41.6 Å². The summed E-state index contributed by atoms with van der Waals surface area (Å²) in [7, 11) is -1.18. The average Bonchev–Trinajstić information content (AvgIpc) is 2.96. The van der Waals surface area contributed by atoms with Crippen LogP contribution < -0.4 is 5.32 Å². The van der Waals surface area contributed by atoms with Crippen molar-refractivity contribution in [3.05, 3.63) is 53.5 Å². The summed E-state index contributed by atoms with van der Waals surface area (Å²) < 4.78 is 17.9. The number of furan rings is 1. The van der Waals surface area contributed by atoms with Crippen LogP contribution in [0.3, 0.4) is 0 Å². The third-order valence-electron chi connectivity index (χ3n) is 3.31. The smallest absolute Gasteiger partial charge is 0.286 e. The number of hydrogen-bond donors (Lipinski definition) is 1. The number of benzene rings is 1. The second-order valence-corrected chi connectivity index (χ2v) is 6.55. The van der Waals surface area contributed by atoms with Gasteiger partial charge in [0.2, 0.25) is 0 Å². The van der Waals surface area contributed by atoms with Gasteiger partial charge in [-0.3, -0.25) is 9.00 Å². The Morgan fingerprint density at radius 3 is 2.73 bits per heavy atom. The van der Waals surface area contributed by atoms with Crippen molar-refractivity contribution in [2.75, 3.05) is 6.54 Å². The van der Waals surface area contributed by atoms with Crippen LogP contribution in [0, 0.1) is 6.92 Å². The predicted molar refractivity (Wildman–Crippen MR) is 87.2 cm³/mol. The maximum absolute atomic E-state index is 12.4. The molecule has 0 bridgehead atoms. The highest BCUT2D eigenvalue weighted by molar-refractivity contribution is 7.84. The van der Waals surface area contributed by atoms with Gasteiger partial charge in [-0.1, -0.05) is 31.5 Å². The van der Waals surface area contributed by atoms with E-state index in [2.05, 4.69) is 12.2 Å². The van der Waals surface area contributed by atoms with E-state index in [1.54, 1.807) is 12.1 Å². The number of nitrogens with one attached hydrogen (secondary N) is 1. The lowest BCUT2D eigenvalue weighted by Crippen LogP contribution is -2.23. The number of rotatable bonds is 7. The minimum absolute atomic E-state index is 0.221. The van der Waals surface area contributed by atoms with Crippen molar-refractivity contribution in [3.8, 4) is 0 Å². The first-order valence-electron chi connectivity index (χ1n) is 7.42. The lowest BCUT2D eigenvalue weighted by Gasteiger charge is -2.04. The van der Waals surface area contributed by atoms with Gasteiger partial charge in [0.05, 0.1) is 16.6 Å². The molecule has 1 unspecified atom stereocenters. The van der Waals surface area contributed by atoms with Crippen molar-refractivity contribution in [1.82, 2.24) is 5.32 Å². The van der Waals surface area contributed by atoms with Crippen LogP contribution in [0.4, 0.5) is 0 Å². The molecule has 2 aromatic rings. The summed E-state index contributed by atoms with van der Waals surface area (Å²) in [6, 6.07) is 10.9. The number of hydrogen-bond acceptors (Lipinski definition) is 3. The Kier molecular flexibility index (Phi) is 5.95. The number of aryl methyl sites for hydroxylation is 1. The molecule has 1 amide bonds. The van der Waals surface area contributed by atoms with Gasteiger partial charge in [0, 0.05) is 11.4 Å². The van der Waals surface area contributed by atoms with Gasteiger partial charge >= 0.3 is 0 Å². The van der Waals surface area contributed by atoms with E-state index in [-0.39, 0.29) is 17.4 Å². The van der Waals surface area contributed by atoms with Crippen molar-refractivity contribution in [1.29, 1.82) is 0 Å². The van der Waals surface area contributed by atoms with Crippen molar-refractivity contribution < 1.29 is 13.4 Å². The van der Waals surface area contributed by atoms with Gasteiger partial charge in [0.15, 0.2) is 5.76 Å². The zero-order valence-electron chi connectivity index (χ0n) is 12.9. The summed E-state index contributed by atoms with van der Waals surface area (Å²) in [6.07, 6.45) is 1.97. The highest BCUT2D eigenvalue weighted by atomic mass is 32.2. The van der Waals surface area contributed by atoms with E-state index in [4.69, 9.17) is 4.42 Å². The van der Waals surface area contributed by atoms with Crippen molar-refractivity contribution in [3.63, 3.8) is 0 Å². The molecular weight excluding hydrogens is 298 g/mol. The van der Waals surface area contributed by atoms with E-state index >= 15 is 0 Å². The first-order valence-corrected chi connectivity index (χ1v) is 8.74. The van der Waals surface area contributed by atoms with Gasteiger partial charge < -0.3 is 9.73 Å². The van der Waals surface area contributed by atoms with Crippen LogP contribution in [0.5, 0.6) is 0 Å². The van der Waals surface area contributed by atoms with Crippen LogP contribution in [0.25, 0.3) is 0 Å². The summed E-state index contributed by atoms with van der Waals surface area (Å²) in [4.78, 5) is 12.7. The largest absolute Gasteiger partial charge is 0.455 e. The van der Waals surface area contributed by atoms with Crippen molar-refractivity contribution >= 4 is 16.7 Å². The molecule has 5 heteroatoms. The molecule has 1 aromatic carbocycles. The van der Waals surface area contributed by atoms with Crippen LogP contribution in [-0.2, 0) is 16.6 Å². The molecule has 4 nitrogen and oxygen atoms in total. The third-order valence-corrected chi connectivity index (χ3v) is 4.81. The second kappa shape index (κ2) is 7.94. The van der Waals surface area contributed by atoms with Gasteiger partial charge in [-0.2, -0.15) is 0 Å². The number of carbonyl (C=O) groups is 1. The first-order chi connectivity index (χ1) is 10.6. The van der Waals surface area contributed by atoms with Crippen LogP contribution in [0.2, 0.25) is 0 Å². The summed E-state index contributed by atoms with van der Waals surface area (Å²) in [5, 5.41) is 2.80. The molecule has 1 atom stereocenters. The molecule has 22 heavy (non-hydrogen) atoms. The van der Waals surface area contributed by atoms with Crippen LogP contribution in [-0.4, -0.2) is 16.7 Å². The van der Waals surface area contributed by atoms with Gasteiger partial charge in [-0.15, -0.1) is 0 Å². The van der Waals surface area contributed by atoms with Crippen molar-refractivity contribution in [2.45, 2.75) is 37.3 Å². The predicted octanol–water partition coefficient (Wildman–Crippen LogP) is 3.43. The van der Waals surface area contributed by atoms with Crippen LogP contribution >= 0.6 is 0 Å². The Labute approximate surface area is 133 Å². The number of unbranched alkanes of at least 4 members (excludes halogenated alkanes) is 1. The zero-order valence-corrected chi connectivity index (χ0v) is 13.7. The van der Waals surface area contributed by atoms with Gasteiger partial charge in [0.25, 0.3) is 5.91 Å². The zero-order chi connectivity index (χ0) is 15.9.